The van der Waals surface area contributed by atoms with Gasteiger partial charge in [0.15, 0.2) is 0 Å². The van der Waals surface area contributed by atoms with E-state index in [9.17, 15) is 0 Å². The minimum absolute atomic E-state index is 0.278. The number of benzene rings is 2. The van der Waals surface area contributed by atoms with Gasteiger partial charge in [0.1, 0.15) is 5.82 Å². The molecule has 2 aromatic carbocycles. The molecule has 154 valence electrons. The van der Waals surface area contributed by atoms with E-state index in [-0.39, 0.29) is 6.04 Å². The van der Waals surface area contributed by atoms with Crippen LogP contribution < -0.4 is 5.32 Å². The summed E-state index contributed by atoms with van der Waals surface area (Å²) in [7, 11) is 0. The normalized spacial score (nSPS) is 16.7. The number of nitrogens with zero attached hydrogens (tertiary/aromatic N) is 1. The lowest BCUT2D eigenvalue weighted by Gasteiger charge is -2.20. The van der Waals surface area contributed by atoms with Crippen molar-refractivity contribution in [1.29, 1.82) is 0 Å². The Morgan fingerprint density at radius 2 is 1.66 bits per heavy atom. The molecule has 0 saturated carbocycles. The van der Waals surface area contributed by atoms with Gasteiger partial charge >= 0.3 is 0 Å². The predicted molar refractivity (Wildman–Crippen MR) is 127 cm³/mol. The van der Waals surface area contributed by atoms with E-state index in [1.807, 2.05) is 13.8 Å². The van der Waals surface area contributed by atoms with Gasteiger partial charge in [0, 0.05) is 5.56 Å². The summed E-state index contributed by atoms with van der Waals surface area (Å²) in [6, 6.07) is 19.7. The zero-order chi connectivity index (χ0) is 21.1. The first-order valence-electron chi connectivity index (χ1n) is 11.1. The minimum Gasteiger partial charge on any atom is -0.363 e. The maximum atomic E-state index is 4.98. The lowest BCUT2D eigenvalue weighted by Crippen LogP contribution is -2.21. The highest BCUT2D eigenvalue weighted by atomic mass is 15.1. The molecule has 0 aromatic heterocycles. The van der Waals surface area contributed by atoms with Crippen LogP contribution in [0.15, 0.2) is 83.6 Å². The number of aliphatic imine (C=N–C) groups is 1. The number of aryl methyl sites for hydroxylation is 1. The Labute approximate surface area is 177 Å². The van der Waals surface area contributed by atoms with Gasteiger partial charge in [-0.2, -0.15) is 0 Å². The molecule has 1 aliphatic heterocycles. The molecule has 0 saturated heterocycles. The van der Waals surface area contributed by atoms with Gasteiger partial charge in [-0.15, -0.1) is 0 Å². The fourth-order valence-electron chi connectivity index (χ4n) is 3.38. The third-order valence-electron chi connectivity index (χ3n) is 4.98. The van der Waals surface area contributed by atoms with E-state index in [2.05, 4.69) is 98.9 Å². The van der Waals surface area contributed by atoms with E-state index in [0.29, 0.717) is 5.92 Å². The lowest BCUT2D eigenvalue weighted by molar-refractivity contribution is 0.539. The highest BCUT2D eigenvalue weighted by Crippen LogP contribution is 2.22. The van der Waals surface area contributed by atoms with Crippen molar-refractivity contribution < 1.29 is 0 Å². The molecule has 0 radical (unpaired) electrons. The third-order valence-corrected chi connectivity index (χ3v) is 4.98. The number of hydrogen-bond donors (Lipinski definition) is 1. The Morgan fingerprint density at radius 3 is 2.28 bits per heavy atom. The average Bonchev–Trinajstić information content (AvgIpc) is 2.96. The third kappa shape index (κ3) is 6.74. The molecule has 1 N–H and O–H groups in total. The van der Waals surface area contributed by atoms with E-state index in [1.54, 1.807) is 0 Å². The van der Waals surface area contributed by atoms with Crippen LogP contribution in [0.1, 0.15) is 70.2 Å². The molecular weight excluding hydrogens is 352 g/mol. The van der Waals surface area contributed by atoms with Crippen LogP contribution in [0.5, 0.6) is 0 Å². The van der Waals surface area contributed by atoms with Crippen molar-refractivity contribution in [2.24, 2.45) is 10.9 Å². The molecular formula is C27H36N2. The maximum absolute atomic E-state index is 4.98. The molecule has 0 aliphatic carbocycles. The fraction of sp³-hybridized carbons (Fsp3) is 0.370. The van der Waals surface area contributed by atoms with Crippen LogP contribution in [0.2, 0.25) is 0 Å². The monoisotopic (exact) mass is 388 g/mol. The quantitative estimate of drug-likeness (QED) is 0.531. The van der Waals surface area contributed by atoms with Gasteiger partial charge in [-0.05, 0) is 42.0 Å². The van der Waals surface area contributed by atoms with E-state index in [0.717, 1.165) is 36.4 Å². The summed E-state index contributed by atoms with van der Waals surface area (Å²) in [5.41, 5.74) is 4.85. The SMILES string of the molecule is CC.CCCC(NC1=CC(C)C=CC(c2ccc(CC)cc2)=N1)c1ccccc1. The van der Waals surface area contributed by atoms with Crippen LogP contribution in [-0.4, -0.2) is 5.71 Å². The van der Waals surface area contributed by atoms with Crippen molar-refractivity contribution in [3.63, 3.8) is 0 Å². The van der Waals surface area contributed by atoms with Crippen molar-refractivity contribution in [3.05, 3.63) is 95.3 Å². The largest absolute Gasteiger partial charge is 0.363 e. The smallest absolute Gasteiger partial charge is 0.123 e. The first-order chi connectivity index (χ1) is 14.2. The standard InChI is InChI=1S/C25H30N2.C2H6/c1-4-9-23(21-10-7-6-8-11-21)26-25-18-19(3)12-17-24(27-25)22-15-13-20(5-2)14-16-22;1-2/h6-8,10-19,23,26H,4-5,9H2,1-3H3;1-2H3. The van der Waals surface area contributed by atoms with Crippen molar-refractivity contribution >= 4 is 5.71 Å². The number of hydrogen-bond acceptors (Lipinski definition) is 2. The number of allylic oxidation sites excluding steroid dienone is 3. The molecule has 2 nitrogen and oxygen atoms in total. The zero-order valence-corrected chi connectivity index (χ0v) is 18.7. The summed E-state index contributed by atoms with van der Waals surface area (Å²) in [5.74, 6) is 1.31. The molecule has 2 heteroatoms. The van der Waals surface area contributed by atoms with Crippen LogP contribution in [-0.2, 0) is 6.42 Å². The lowest BCUT2D eigenvalue weighted by atomic mass is 10.0. The molecule has 0 fully saturated rings. The Morgan fingerprint density at radius 1 is 0.966 bits per heavy atom. The first kappa shape index (κ1) is 22.7. The summed E-state index contributed by atoms with van der Waals surface area (Å²) in [6.45, 7) is 10.6. The second-order valence-corrected chi connectivity index (χ2v) is 7.21. The van der Waals surface area contributed by atoms with Gasteiger partial charge in [0.25, 0.3) is 0 Å². The Bertz CT molecular complexity index is 813. The van der Waals surface area contributed by atoms with Gasteiger partial charge in [0.2, 0.25) is 0 Å². The summed E-state index contributed by atoms with van der Waals surface area (Å²) < 4.78 is 0. The van der Waals surface area contributed by atoms with Gasteiger partial charge in [-0.25, -0.2) is 4.99 Å². The molecule has 1 heterocycles. The highest BCUT2D eigenvalue weighted by molar-refractivity contribution is 6.09. The zero-order valence-electron chi connectivity index (χ0n) is 18.7. The fourth-order valence-corrected chi connectivity index (χ4v) is 3.38. The van der Waals surface area contributed by atoms with Crippen molar-refractivity contribution in [2.45, 2.75) is 59.9 Å². The summed E-state index contributed by atoms with van der Waals surface area (Å²) in [6.07, 6.45) is 9.85. The molecule has 2 atom stereocenters. The molecule has 0 spiro atoms. The van der Waals surface area contributed by atoms with E-state index in [1.165, 1.54) is 11.1 Å². The number of rotatable bonds is 7. The molecule has 2 aromatic rings. The molecule has 2 unspecified atom stereocenters. The van der Waals surface area contributed by atoms with Crippen molar-refractivity contribution in [2.75, 3.05) is 0 Å². The van der Waals surface area contributed by atoms with Crippen LogP contribution in [0, 0.1) is 5.92 Å². The number of nitrogens with one attached hydrogen (secondary N) is 1. The Balaban J connectivity index is 0.00000145. The second kappa shape index (κ2) is 12.1. The topological polar surface area (TPSA) is 24.4 Å². The minimum atomic E-state index is 0.278. The van der Waals surface area contributed by atoms with E-state index in [4.69, 9.17) is 4.99 Å². The van der Waals surface area contributed by atoms with Crippen molar-refractivity contribution in [1.82, 2.24) is 5.32 Å². The van der Waals surface area contributed by atoms with Gasteiger partial charge in [-0.3, -0.25) is 0 Å². The molecule has 1 aliphatic rings. The van der Waals surface area contributed by atoms with Crippen LogP contribution in [0.4, 0.5) is 0 Å². The highest BCUT2D eigenvalue weighted by Gasteiger charge is 2.14. The average molecular weight is 389 g/mol. The molecule has 3 rings (SSSR count). The molecule has 0 bridgehead atoms. The Hall–Kier alpha value is -2.61. The maximum Gasteiger partial charge on any atom is 0.123 e. The molecule has 29 heavy (non-hydrogen) atoms. The van der Waals surface area contributed by atoms with Gasteiger partial charge in [-0.1, -0.05) is 102 Å². The molecule has 0 amide bonds. The second-order valence-electron chi connectivity index (χ2n) is 7.21. The van der Waals surface area contributed by atoms with E-state index >= 15 is 0 Å². The van der Waals surface area contributed by atoms with Gasteiger partial charge < -0.3 is 5.32 Å². The summed E-state index contributed by atoms with van der Waals surface area (Å²) in [5, 5.41) is 3.70. The first-order valence-corrected chi connectivity index (χ1v) is 11.1. The predicted octanol–water partition coefficient (Wildman–Crippen LogP) is 7.24. The van der Waals surface area contributed by atoms with Crippen LogP contribution in [0.3, 0.4) is 0 Å². The van der Waals surface area contributed by atoms with E-state index < -0.39 is 0 Å². The Kier molecular flexibility index (Phi) is 9.43. The van der Waals surface area contributed by atoms with Gasteiger partial charge in [0.05, 0.1) is 11.8 Å². The van der Waals surface area contributed by atoms with Crippen LogP contribution in [0.25, 0.3) is 0 Å². The summed E-state index contributed by atoms with van der Waals surface area (Å²) in [4.78, 5) is 4.98. The summed E-state index contributed by atoms with van der Waals surface area (Å²) >= 11 is 0. The van der Waals surface area contributed by atoms with Crippen LogP contribution >= 0.6 is 0 Å². The van der Waals surface area contributed by atoms with Crippen molar-refractivity contribution in [3.8, 4) is 0 Å².